The molecule has 8 nitrogen and oxygen atoms in total. The summed E-state index contributed by atoms with van der Waals surface area (Å²) in [5.41, 5.74) is 4.00. The van der Waals surface area contributed by atoms with Gasteiger partial charge in [-0.05, 0) is 20.3 Å². The number of nitrogens with zero attached hydrogens (tertiary/aromatic N) is 1. The highest BCUT2D eigenvalue weighted by Gasteiger charge is 2.51. The Bertz CT molecular complexity index is 768. The first-order chi connectivity index (χ1) is 13.7. The Morgan fingerprint density at radius 1 is 1.07 bits per heavy atom. The molecule has 0 aliphatic carbocycles. The van der Waals surface area contributed by atoms with E-state index in [2.05, 4.69) is 0 Å². The highest BCUT2D eigenvalue weighted by molar-refractivity contribution is 5.98. The normalized spacial score (nSPS) is 13.6. The third-order valence-electron chi connectivity index (χ3n) is 4.84. The lowest BCUT2D eigenvalue weighted by Crippen LogP contribution is -2.48. The van der Waals surface area contributed by atoms with Gasteiger partial charge in [0.25, 0.3) is 0 Å². The molecule has 0 saturated heterocycles. The van der Waals surface area contributed by atoms with Gasteiger partial charge in [-0.25, -0.2) is 0 Å². The lowest BCUT2D eigenvalue weighted by Gasteiger charge is -2.33. The summed E-state index contributed by atoms with van der Waals surface area (Å²) in [7, 11) is 0. The number of Topliss-reactive ketones (excluding diaryl/α,β-unsaturated/α-hetero) is 1. The van der Waals surface area contributed by atoms with Gasteiger partial charge in [-0.1, -0.05) is 37.3 Å². The molecule has 0 saturated carbocycles. The first-order valence-electron chi connectivity index (χ1n) is 9.37. The fourth-order valence-corrected chi connectivity index (χ4v) is 3.12. The Morgan fingerprint density at radius 2 is 1.59 bits per heavy atom. The molecule has 0 radical (unpaired) electrons. The SMILES string of the molecule is CCOC(=O)C(C(=O)OCC)[C@H](C)[C@@](C#N)(CCC(=O)c1ccccc1)C(N)=O. The van der Waals surface area contributed by atoms with E-state index in [0.717, 1.165) is 0 Å². The summed E-state index contributed by atoms with van der Waals surface area (Å²) in [5.74, 6) is -5.81. The largest absolute Gasteiger partial charge is 0.465 e. The lowest BCUT2D eigenvalue weighted by atomic mass is 9.67. The maximum atomic E-state index is 12.5. The minimum Gasteiger partial charge on any atom is -0.465 e. The van der Waals surface area contributed by atoms with Gasteiger partial charge >= 0.3 is 11.9 Å². The maximum absolute atomic E-state index is 12.5. The smallest absolute Gasteiger partial charge is 0.320 e. The lowest BCUT2D eigenvalue weighted by molar-refractivity contribution is -0.166. The van der Waals surface area contributed by atoms with Gasteiger partial charge in [0, 0.05) is 17.9 Å². The summed E-state index contributed by atoms with van der Waals surface area (Å²) < 4.78 is 9.88. The fraction of sp³-hybridized carbons (Fsp3) is 0.476. The maximum Gasteiger partial charge on any atom is 0.320 e. The van der Waals surface area contributed by atoms with Gasteiger partial charge in [-0.3, -0.25) is 19.2 Å². The minimum atomic E-state index is -1.94. The number of primary amides is 1. The van der Waals surface area contributed by atoms with E-state index in [1.165, 1.54) is 6.92 Å². The number of nitriles is 1. The second-order valence-corrected chi connectivity index (χ2v) is 6.51. The minimum absolute atomic E-state index is 0.00404. The van der Waals surface area contributed by atoms with E-state index in [4.69, 9.17) is 15.2 Å². The molecule has 0 spiro atoms. The van der Waals surface area contributed by atoms with Crippen molar-refractivity contribution in [3.63, 3.8) is 0 Å². The van der Waals surface area contributed by atoms with Crippen LogP contribution in [0.1, 0.15) is 44.0 Å². The van der Waals surface area contributed by atoms with E-state index in [9.17, 15) is 24.4 Å². The van der Waals surface area contributed by atoms with Crippen LogP contribution in [0.15, 0.2) is 30.3 Å². The van der Waals surface area contributed by atoms with Gasteiger partial charge in [-0.2, -0.15) is 5.26 Å². The van der Waals surface area contributed by atoms with Crippen molar-refractivity contribution in [1.82, 2.24) is 0 Å². The van der Waals surface area contributed by atoms with Crippen LogP contribution in [0.5, 0.6) is 0 Å². The summed E-state index contributed by atoms with van der Waals surface area (Å²) in [6.45, 7) is 4.53. The number of hydrogen-bond donors (Lipinski definition) is 1. The van der Waals surface area contributed by atoms with Crippen LogP contribution < -0.4 is 5.73 Å². The Hall–Kier alpha value is -3.21. The van der Waals surface area contributed by atoms with E-state index in [1.54, 1.807) is 44.2 Å². The van der Waals surface area contributed by atoms with E-state index in [1.807, 2.05) is 6.07 Å². The number of amides is 1. The summed E-state index contributed by atoms with van der Waals surface area (Å²) in [6.07, 6.45) is -0.410. The molecule has 0 heterocycles. The monoisotopic (exact) mass is 402 g/mol. The molecule has 0 unspecified atom stereocenters. The molecule has 2 N–H and O–H groups in total. The van der Waals surface area contributed by atoms with Gasteiger partial charge in [0.15, 0.2) is 11.7 Å². The van der Waals surface area contributed by atoms with Crippen molar-refractivity contribution in [1.29, 1.82) is 5.26 Å². The molecule has 0 fully saturated rings. The molecule has 29 heavy (non-hydrogen) atoms. The van der Waals surface area contributed by atoms with E-state index in [-0.39, 0.29) is 31.8 Å². The van der Waals surface area contributed by atoms with Crippen LogP contribution >= 0.6 is 0 Å². The van der Waals surface area contributed by atoms with Gasteiger partial charge in [-0.15, -0.1) is 0 Å². The number of benzene rings is 1. The van der Waals surface area contributed by atoms with E-state index < -0.39 is 35.1 Å². The topological polar surface area (TPSA) is 137 Å². The molecule has 2 atom stereocenters. The number of esters is 2. The zero-order valence-electron chi connectivity index (χ0n) is 16.8. The van der Waals surface area contributed by atoms with Crippen molar-refractivity contribution in [3.05, 3.63) is 35.9 Å². The molecule has 0 aromatic heterocycles. The third kappa shape index (κ3) is 5.64. The number of rotatable bonds is 11. The van der Waals surface area contributed by atoms with Crippen molar-refractivity contribution in [2.24, 2.45) is 23.0 Å². The van der Waals surface area contributed by atoms with Crippen molar-refractivity contribution in [2.75, 3.05) is 13.2 Å². The van der Waals surface area contributed by atoms with Crippen molar-refractivity contribution < 1.29 is 28.7 Å². The van der Waals surface area contributed by atoms with Crippen LogP contribution in [0.2, 0.25) is 0 Å². The zero-order valence-corrected chi connectivity index (χ0v) is 16.8. The van der Waals surface area contributed by atoms with Gasteiger partial charge in [0.05, 0.1) is 19.3 Å². The van der Waals surface area contributed by atoms with Crippen molar-refractivity contribution in [3.8, 4) is 6.07 Å². The molecule has 1 aromatic rings. The molecule has 156 valence electrons. The van der Waals surface area contributed by atoms with Crippen LogP contribution in [0.4, 0.5) is 0 Å². The van der Waals surface area contributed by atoms with Gasteiger partial charge in [0.1, 0.15) is 5.41 Å². The summed E-state index contributed by atoms with van der Waals surface area (Å²) in [6, 6.07) is 10.2. The van der Waals surface area contributed by atoms with Crippen LogP contribution in [0.25, 0.3) is 0 Å². The van der Waals surface area contributed by atoms with Crippen LogP contribution in [-0.4, -0.2) is 36.8 Å². The summed E-state index contributed by atoms with van der Waals surface area (Å²) in [5, 5.41) is 9.81. The quantitative estimate of drug-likeness (QED) is 0.339. The van der Waals surface area contributed by atoms with Gasteiger partial charge in [0.2, 0.25) is 5.91 Å². The molecule has 1 aromatic carbocycles. The second kappa shape index (κ2) is 11.0. The number of carbonyl (C=O) groups is 4. The zero-order chi connectivity index (χ0) is 22.0. The molecule has 0 aliphatic heterocycles. The summed E-state index contributed by atoms with van der Waals surface area (Å²) in [4.78, 5) is 49.5. The van der Waals surface area contributed by atoms with Gasteiger partial charge < -0.3 is 15.2 Å². The average molecular weight is 402 g/mol. The highest BCUT2D eigenvalue weighted by atomic mass is 16.6. The average Bonchev–Trinajstić information content (AvgIpc) is 2.69. The Labute approximate surface area is 170 Å². The predicted molar refractivity (Wildman–Crippen MR) is 103 cm³/mol. The number of ketones is 1. The molecule has 1 amide bonds. The Balaban J connectivity index is 3.22. The Morgan fingerprint density at radius 3 is 2.00 bits per heavy atom. The number of carbonyl (C=O) groups excluding carboxylic acids is 4. The third-order valence-corrected chi connectivity index (χ3v) is 4.84. The molecular formula is C21H26N2O6. The number of nitrogens with two attached hydrogens (primary N) is 1. The number of ether oxygens (including phenoxy) is 2. The van der Waals surface area contributed by atoms with E-state index in [0.29, 0.717) is 5.56 Å². The number of hydrogen-bond acceptors (Lipinski definition) is 7. The van der Waals surface area contributed by atoms with Crippen LogP contribution in [-0.2, 0) is 23.9 Å². The second-order valence-electron chi connectivity index (χ2n) is 6.51. The van der Waals surface area contributed by atoms with E-state index >= 15 is 0 Å². The molecule has 0 bridgehead atoms. The first kappa shape index (κ1) is 23.8. The Kier molecular flexibility index (Phi) is 9.00. The van der Waals surface area contributed by atoms with Crippen molar-refractivity contribution in [2.45, 2.75) is 33.6 Å². The standard InChI is InChI=1S/C21H26N2O6/c1-4-28-18(25)17(19(26)29-5-2)14(3)21(13-22,20(23)27)12-11-16(24)15-9-7-6-8-10-15/h6-10,14,17H,4-5,11-12H2,1-3H3,(H2,23,27)/t14-,21-/m0/s1. The predicted octanol–water partition coefficient (Wildman–Crippen LogP) is 2.02. The van der Waals surface area contributed by atoms with Crippen molar-refractivity contribution >= 4 is 23.6 Å². The summed E-state index contributed by atoms with van der Waals surface area (Å²) >= 11 is 0. The first-order valence-corrected chi connectivity index (χ1v) is 9.37. The highest BCUT2D eigenvalue weighted by Crippen LogP contribution is 2.38. The van der Waals surface area contributed by atoms with Crippen LogP contribution in [0, 0.1) is 28.6 Å². The van der Waals surface area contributed by atoms with Crippen LogP contribution in [0.3, 0.4) is 0 Å². The molecule has 1 rings (SSSR count). The fourth-order valence-electron chi connectivity index (χ4n) is 3.12. The molecular weight excluding hydrogens is 376 g/mol. The molecule has 8 heteroatoms. The molecule has 0 aliphatic rings.